The molecule has 29 heavy (non-hydrogen) atoms. The highest BCUT2D eigenvalue weighted by Gasteiger charge is 2.24. The number of primary amides is 1. The summed E-state index contributed by atoms with van der Waals surface area (Å²) in [6.07, 6.45) is 7.36. The third-order valence-corrected chi connectivity index (χ3v) is 5.74. The molecule has 1 aromatic heterocycles. The molecular weight excluding hydrogens is 362 g/mol. The van der Waals surface area contributed by atoms with Gasteiger partial charge in [0.15, 0.2) is 0 Å². The molecule has 1 aliphatic rings. The van der Waals surface area contributed by atoms with E-state index in [0.717, 1.165) is 42.4 Å². The minimum Gasteiger partial charge on any atom is -0.366 e. The van der Waals surface area contributed by atoms with Crippen molar-refractivity contribution in [1.82, 2.24) is 9.88 Å². The minimum absolute atomic E-state index is 0.0546. The standard InChI is InChI=1S/C24H25N3O2/c1-16-2-4-17(5-3-16)6-9-23(28)27-12-10-18(11-13-27)21-15-26-22-8-7-19(24(25)29)14-20(21)22/h2-9,14-15,18,26H,10-13H2,1H3,(H2,25,29)/b9-6+. The van der Waals surface area contributed by atoms with Gasteiger partial charge in [-0.15, -0.1) is 0 Å². The van der Waals surface area contributed by atoms with Crippen LogP contribution < -0.4 is 5.73 Å². The summed E-state index contributed by atoms with van der Waals surface area (Å²) in [5.74, 6) is -0.00389. The number of amides is 2. The van der Waals surface area contributed by atoms with E-state index in [0.29, 0.717) is 11.5 Å². The highest BCUT2D eigenvalue weighted by atomic mass is 16.2. The lowest BCUT2D eigenvalue weighted by Crippen LogP contribution is -2.36. The molecule has 0 unspecified atom stereocenters. The van der Waals surface area contributed by atoms with Gasteiger partial charge in [-0.2, -0.15) is 0 Å². The number of carbonyl (C=O) groups is 2. The molecular formula is C24H25N3O2. The Bertz CT molecular complexity index is 1070. The average molecular weight is 387 g/mol. The SMILES string of the molecule is Cc1ccc(/C=C/C(=O)N2CCC(c3c[nH]c4ccc(C(N)=O)cc34)CC2)cc1. The third-order valence-electron chi connectivity index (χ3n) is 5.74. The van der Waals surface area contributed by atoms with Crippen LogP contribution >= 0.6 is 0 Å². The van der Waals surface area contributed by atoms with Crippen molar-refractivity contribution in [3.63, 3.8) is 0 Å². The molecule has 0 saturated carbocycles. The Balaban J connectivity index is 1.42. The molecule has 2 aromatic carbocycles. The number of piperidine rings is 1. The van der Waals surface area contributed by atoms with E-state index in [4.69, 9.17) is 5.73 Å². The zero-order valence-corrected chi connectivity index (χ0v) is 16.5. The average Bonchev–Trinajstić information content (AvgIpc) is 3.16. The van der Waals surface area contributed by atoms with Crippen molar-refractivity contribution < 1.29 is 9.59 Å². The van der Waals surface area contributed by atoms with Crippen LogP contribution in [0.25, 0.3) is 17.0 Å². The number of aryl methyl sites for hydroxylation is 1. The molecule has 2 amide bonds. The molecule has 4 rings (SSSR count). The second-order valence-corrected chi connectivity index (χ2v) is 7.71. The maximum atomic E-state index is 12.5. The van der Waals surface area contributed by atoms with Gasteiger partial charge in [-0.25, -0.2) is 0 Å². The molecule has 148 valence electrons. The van der Waals surface area contributed by atoms with Crippen LogP contribution in [0.3, 0.4) is 0 Å². The highest BCUT2D eigenvalue weighted by Crippen LogP contribution is 2.33. The van der Waals surface area contributed by atoms with Crippen LogP contribution in [0.15, 0.2) is 54.7 Å². The lowest BCUT2D eigenvalue weighted by Gasteiger charge is -2.31. The summed E-state index contributed by atoms with van der Waals surface area (Å²) >= 11 is 0. The monoisotopic (exact) mass is 387 g/mol. The number of fused-ring (bicyclic) bond motifs is 1. The first-order valence-electron chi connectivity index (χ1n) is 9.96. The Labute approximate surface area is 170 Å². The third kappa shape index (κ3) is 4.09. The molecule has 1 fully saturated rings. The van der Waals surface area contributed by atoms with Crippen LogP contribution in [0, 0.1) is 6.92 Å². The summed E-state index contributed by atoms with van der Waals surface area (Å²) in [7, 11) is 0. The fourth-order valence-corrected chi connectivity index (χ4v) is 3.99. The maximum absolute atomic E-state index is 12.5. The van der Waals surface area contributed by atoms with Crippen LogP contribution in [0.4, 0.5) is 0 Å². The first-order chi connectivity index (χ1) is 14.0. The lowest BCUT2D eigenvalue weighted by molar-refractivity contribution is -0.126. The minimum atomic E-state index is -0.417. The number of rotatable bonds is 4. The van der Waals surface area contributed by atoms with E-state index in [9.17, 15) is 9.59 Å². The number of carbonyl (C=O) groups excluding carboxylic acids is 2. The summed E-state index contributed by atoms with van der Waals surface area (Å²) < 4.78 is 0. The summed E-state index contributed by atoms with van der Waals surface area (Å²) in [4.78, 5) is 29.3. The molecule has 1 aliphatic heterocycles. The van der Waals surface area contributed by atoms with Crippen molar-refractivity contribution in [3.8, 4) is 0 Å². The van der Waals surface area contributed by atoms with Gasteiger partial charge in [-0.1, -0.05) is 29.8 Å². The molecule has 5 heteroatoms. The van der Waals surface area contributed by atoms with Crippen molar-refractivity contribution in [1.29, 1.82) is 0 Å². The molecule has 2 heterocycles. The van der Waals surface area contributed by atoms with Crippen molar-refractivity contribution in [3.05, 3.63) is 77.0 Å². The first kappa shape index (κ1) is 19.0. The number of hydrogen-bond donors (Lipinski definition) is 2. The summed E-state index contributed by atoms with van der Waals surface area (Å²) in [6.45, 7) is 3.50. The van der Waals surface area contributed by atoms with E-state index >= 15 is 0 Å². The van der Waals surface area contributed by atoms with Crippen LogP contribution in [-0.2, 0) is 4.79 Å². The molecule has 1 saturated heterocycles. The number of nitrogens with zero attached hydrogens (tertiary/aromatic N) is 1. The summed E-state index contributed by atoms with van der Waals surface area (Å²) in [5.41, 5.74) is 10.4. The van der Waals surface area contributed by atoms with Crippen LogP contribution in [0.5, 0.6) is 0 Å². The van der Waals surface area contributed by atoms with Gasteiger partial charge in [-0.3, -0.25) is 9.59 Å². The molecule has 0 bridgehead atoms. The lowest BCUT2D eigenvalue weighted by atomic mass is 9.89. The van der Waals surface area contributed by atoms with E-state index in [1.54, 1.807) is 12.1 Å². The van der Waals surface area contributed by atoms with Crippen molar-refractivity contribution >= 4 is 28.8 Å². The van der Waals surface area contributed by atoms with Crippen molar-refractivity contribution in [2.45, 2.75) is 25.7 Å². The quantitative estimate of drug-likeness (QED) is 0.664. The molecule has 0 spiro atoms. The Morgan fingerprint density at radius 2 is 1.83 bits per heavy atom. The summed E-state index contributed by atoms with van der Waals surface area (Å²) in [5, 5.41) is 1.05. The maximum Gasteiger partial charge on any atom is 0.248 e. The highest BCUT2D eigenvalue weighted by molar-refractivity contribution is 5.98. The molecule has 0 radical (unpaired) electrons. The van der Waals surface area contributed by atoms with Crippen LogP contribution in [0.1, 0.15) is 45.8 Å². The number of aromatic amines is 1. The zero-order chi connectivity index (χ0) is 20.4. The van der Waals surface area contributed by atoms with Crippen molar-refractivity contribution in [2.24, 2.45) is 5.73 Å². The molecule has 0 aliphatic carbocycles. The van der Waals surface area contributed by atoms with Gasteiger partial charge in [0.25, 0.3) is 0 Å². The van der Waals surface area contributed by atoms with E-state index in [-0.39, 0.29) is 5.91 Å². The predicted octanol–water partition coefficient (Wildman–Crippen LogP) is 3.99. The summed E-state index contributed by atoms with van der Waals surface area (Å²) in [6, 6.07) is 13.6. The van der Waals surface area contributed by atoms with E-state index in [2.05, 4.69) is 4.98 Å². The number of H-pyrrole nitrogens is 1. The second-order valence-electron chi connectivity index (χ2n) is 7.71. The van der Waals surface area contributed by atoms with Gasteiger partial charge in [0.1, 0.15) is 0 Å². The van der Waals surface area contributed by atoms with Gasteiger partial charge in [0.2, 0.25) is 11.8 Å². The fraction of sp³-hybridized carbons (Fsp3) is 0.250. The van der Waals surface area contributed by atoms with Gasteiger partial charge in [0.05, 0.1) is 0 Å². The van der Waals surface area contributed by atoms with Gasteiger partial charge in [-0.05, 0) is 61.1 Å². The predicted molar refractivity (Wildman–Crippen MR) is 116 cm³/mol. The number of aromatic nitrogens is 1. The smallest absolute Gasteiger partial charge is 0.248 e. The Hall–Kier alpha value is -3.34. The molecule has 3 N–H and O–H groups in total. The normalized spacial score (nSPS) is 15.3. The number of likely N-dealkylation sites (tertiary alicyclic amines) is 1. The molecule has 0 atom stereocenters. The van der Waals surface area contributed by atoms with Gasteiger partial charge < -0.3 is 15.6 Å². The molecule has 3 aromatic rings. The number of hydrogen-bond acceptors (Lipinski definition) is 2. The van der Waals surface area contributed by atoms with Crippen molar-refractivity contribution in [2.75, 3.05) is 13.1 Å². The first-order valence-corrected chi connectivity index (χ1v) is 9.96. The number of nitrogens with one attached hydrogen (secondary N) is 1. The zero-order valence-electron chi connectivity index (χ0n) is 16.5. The number of nitrogens with two attached hydrogens (primary N) is 1. The molecule has 5 nitrogen and oxygen atoms in total. The van der Waals surface area contributed by atoms with E-state index < -0.39 is 5.91 Å². The van der Waals surface area contributed by atoms with Gasteiger partial charge in [0, 0.05) is 41.8 Å². The van der Waals surface area contributed by atoms with E-state index in [1.165, 1.54) is 11.1 Å². The largest absolute Gasteiger partial charge is 0.366 e. The Morgan fingerprint density at radius 3 is 2.52 bits per heavy atom. The van der Waals surface area contributed by atoms with Crippen LogP contribution in [-0.4, -0.2) is 34.8 Å². The van der Waals surface area contributed by atoms with E-state index in [1.807, 2.05) is 60.5 Å². The second kappa shape index (κ2) is 7.95. The topological polar surface area (TPSA) is 79.2 Å². The van der Waals surface area contributed by atoms with Gasteiger partial charge >= 0.3 is 0 Å². The van der Waals surface area contributed by atoms with Crippen LogP contribution in [0.2, 0.25) is 0 Å². The Morgan fingerprint density at radius 1 is 1.10 bits per heavy atom. The Kier molecular flexibility index (Phi) is 5.21. The number of benzene rings is 2. The fourth-order valence-electron chi connectivity index (χ4n) is 3.99.